The summed E-state index contributed by atoms with van der Waals surface area (Å²) < 4.78 is 23.0. The number of hydrogen-bond donors (Lipinski definition) is 1. The molecular formula is C10H16N2O2S2. The molecular weight excluding hydrogens is 244 g/mol. The number of thiazole rings is 1. The van der Waals surface area contributed by atoms with E-state index in [1.807, 2.05) is 13.1 Å². The predicted octanol–water partition coefficient (Wildman–Crippen LogP) is 0.721. The minimum absolute atomic E-state index is 0.233. The van der Waals surface area contributed by atoms with Crippen LogP contribution in [0.1, 0.15) is 23.2 Å². The fourth-order valence-corrected chi connectivity index (χ4v) is 5.41. The number of hydrogen-bond acceptors (Lipinski definition) is 5. The van der Waals surface area contributed by atoms with Crippen LogP contribution in [0, 0.1) is 0 Å². The van der Waals surface area contributed by atoms with Crippen molar-refractivity contribution in [2.75, 3.05) is 18.1 Å². The Morgan fingerprint density at radius 3 is 2.94 bits per heavy atom. The molecule has 2 rings (SSSR count). The van der Waals surface area contributed by atoms with Crippen molar-refractivity contribution in [2.24, 2.45) is 5.73 Å². The van der Waals surface area contributed by atoms with Gasteiger partial charge in [-0.05, 0) is 13.0 Å². The van der Waals surface area contributed by atoms with Gasteiger partial charge in [-0.3, -0.25) is 0 Å². The van der Waals surface area contributed by atoms with Crippen molar-refractivity contribution in [3.05, 3.63) is 16.1 Å². The van der Waals surface area contributed by atoms with Crippen LogP contribution in [0.3, 0.4) is 0 Å². The molecule has 90 valence electrons. The summed E-state index contributed by atoms with van der Waals surface area (Å²) in [7, 11) is -2.85. The lowest BCUT2D eigenvalue weighted by Crippen LogP contribution is -2.21. The Kier molecular flexibility index (Phi) is 3.07. The molecule has 0 amide bonds. The van der Waals surface area contributed by atoms with Crippen molar-refractivity contribution in [1.29, 1.82) is 0 Å². The SMILES string of the molecule is CC1(c2cnc(CCN)s2)CCS(=O)(=O)C1. The first-order chi connectivity index (χ1) is 7.45. The quantitative estimate of drug-likeness (QED) is 0.869. The van der Waals surface area contributed by atoms with Gasteiger partial charge in [0.2, 0.25) is 0 Å². The zero-order chi connectivity index (χ0) is 11.8. The number of sulfone groups is 1. The zero-order valence-electron chi connectivity index (χ0n) is 9.27. The van der Waals surface area contributed by atoms with Crippen molar-refractivity contribution in [1.82, 2.24) is 4.98 Å². The third kappa shape index (κ3) is 2.28. The summed E-state index contributed by atoms with van der Waals surface area (Å²) in [6.07, 6.45) is 3.30. The van der Waals surface area contributed by atoms with Crippen molar-refractivity contribution in [3.63, 3.8) is 0 Å². The number of nitrogens with two attached hydrogens (primary N) is 1. The summed E-state index contributed by atoms with van der Waals surface area (Å²) in [6, 6.07) is 0. The molecule has 1 aromatic heterocycles. The van der Waals surface area contributed by atoms with Crippen LogP contribution in [-0.4, -0.2) is 31.5 Å². The maximum atomic E-state index is 11.5. The Bertz CT molecular complexity index is 481. The fourth-order valence-electron chi connectivity index (χ4n) is 2.03. The highest BCUT2D eigenvalue weighted by molar-refractivity contribution is 7.91. The van der Waals surface area contributed by atoms with Gasteiger partial charge < -0.3 is 5.73 Å². The van der Waals surface area contributed by atoms with E-state index < -0.39 is 9.84 Å². The number of rotatable bonds is 3. The Labute approximate surface area is 99.8 Å². The van der Waals surface area contributed by atoms with Gasteiger partial charge in [-0.2, -0.15) is 0 Å². The second-order valence-electron chi connectivity index (χ2n) is 4.56. The number of aromatic nitrogens is 1. The van der Waals surface area contributed by atoms with E-state index in [0.717, 1.165) is 16.3 Å². The third-order valence-electron chi connectivity index (χ3n) is 3.01. The molecule has 2 N–H and O–H groups in total. The highest BCUT2D eigenvalue weighted by atomic mass is 32.2. The average molecular weight is 260 g/mol. The molecule has 1 aliphatic rings. The summed E-state index contributed by atoms with van der Waals surface area (Å²) in [5.74, 6) is 0.553. The van der Waals surface area contributed by atoms with Crippen molar-refractivity contribution < 1.29 is 8.42 Å². The van der Waals surface area contributed by atoms with E-state index in [4.69, 9.17) is 5.73 Å². The lowest BCUT2D eigenvalue weighted by atomic mass is 9.89. The second kappa shape index (κ2) is 4.09. The van der Waals surface area contributed by atoms with E-state index >= 15 is 0 Å². The smallest absolute Gasteiger partial charge is 0.151 e. The van der Waals surface area contributed by atoms with Gasteiger partial charge >= 0.3 is 0 Å². The molecule has 1 aromatic rings. The average Bonchev–Trinajstić information content (AvgIpc) is 2.73. The molecule has 2 heterocycles. The monoisotopic (exact) mass is 260 g/mol. The Balaban J connectivity index is 2.23. The molecule has 6 heteroatoms. The van der Waals surface area contributed by atoms with Crippen LogP contribution in [0.2, 0.25) is 0 Å². The standard InChI is InChI=1S/C10H16N2O2S2/c1-10(3-5-16(13,14)7-10)8-6-12-9(15-8)2-4-11/h6H,2-5,7,11H2,1H3. The summed E-state index contributed by atoms with van der Waals surface area (Å²) in [4.78, 5) is 5.37. The molecule has 16 heavy (non-hydrogen) atoms. The predicted molar refractivity (Wildman–Crippen MR) is 65.5 cm³/mol. The molecule has 1 saturated heterocycles. The van der Waals surface area contributed by atoms with Crippen molar-refractivity contribution >= 4 is 21.2 Å². The van der Waals surface area contributed by atoms with E-state index in [2.05, 4.69) is 4.98 Å². The lowest BCUT2D eigenvalue weighted by Gasteiger charge is -2.18. The van der Waals surface area contributed by atoms with Crippen LogP contribution in [0.4, 0.5) is 0 Å². The molecule has 0 saturated carbocycles. The van der Waals surface area contributed by atoms with Gasteiger partial charge in [0.05, 0.1) is 16.5 Å². The normalized spacial score (nSPS) is 28.4. The van der Waals surface area contributed by atoms with Crippen LogP contribution < -0.4 is 5.73 Å². The first-order valence-electron chi connectivity index (χ1n) is 5.31. The Hall–Kier alpha value is -0.460. The zero-order valence-corrected chi connectivity index (χ0v) is 10.9. The van der Waals surface area contributed by atoms with Gasteiger partial charge in [0.25, 0.3) is 0 Å². The first kappa shape index (κ1) is 12.0. The van der Waals surface area contributed by atoms with Crippen molar-refractivity contribution in [2.45, 2.75) is 25.2 Å². The molecule has 0 aromatic carbocycles. The Morgan fingerprint density at radius 1 is 1.62 bits per heavy atom. The molecule has 1 unspecified atom stereocenters. The van der Waals surface area contributed by atoms with Crippen LogP contribution in [-0.2, 0) is 21.7 Å². The molecule has 1 fully saturated rings. The van der Waals surface area contributed by atoms with E-state index in [1.165, 1.54) is 0 Å². The van der Waals surface area contributed by atoms with Gasteiger partial charge in [-0.25, -0.2) is 13.4 Å². The fraction of sp³-hybridized carbons (Fsp3) is 0.700. The minimum atomic E-state index is -2.85. The van der Waals surface area contributed by atoms with E-state index in [1.54, 1.807) is 11.3 Å². The largest absolute Gasteiger partial charge is 0.330 e. The van der Waals surface area contributed by atoms with Crippen molar-refractivity contribution in [3.8, 4) is 0 Å². The minimum Gasteiger partial charge on any atom is -0.330 e. The highest BCUT2D eigenvalue weighted by Gasteiger charge is 2.40. The summed E-state index contributed by atoms with van der Waals surface area (Å²) in [6.45, 7) is 2.60. The van der Waals surface area contributed by atoms with Crippen LogP contribution in [0.25, 0.3) is 0 Å². The molecule has 0 spiro atoms. The maximum absolute atomic E-state index is 11.5. The summed E-state index contributed by atoms with van der Waals surface area (Å²) in [5.41, 5.74) is 5.24. The molecule has 0 radical (unpaired) electrons. The third-order valence-corrected chi connectivity index (χ3v) is 6.28. The summed E-state index contributed by atoms with van der Waals surface area (Å²) in [5, 5.41) is 1.00. The Morgan fingerprint density at radius 2 is 2.38 bits per heavy atom. The molecule has 4 nitrogen and oxygen atoms in total. The number of nitrogens with zero attached hydrogens (tertiary/aromatic N) is 1. The van der Waals surface area contributed by atoms with E-state index in [9.17, 15) is 8.42 Å². The molecule has 0 aliphatic carbocycles. The van der Waals surface area contributed by atoms with Crippen LogP contribution in [0.15, 0.2) is 6.20 Å². The molecule has 1 aliphatic heterocycles. The van der Waals surface area contributed by atoms with Gasteiger partial charge in [0.15, 0.2) is 9.84 Å². The second-order valence-corrected chi connectivity index (χ2v) is 7.86. The van der Waals surface area contributed by atoms with Crippen LogP contribution in [0.5, 0.6) is 0 Å². The summed E-state index contributed by atoms with van der Waals surface area (Å²) >= 11 is 1.60. The topological polar surface area (TPSA) is 73.0 Å². The highest BCUT2D eigenvalue weighted by Crippen LogP contribution is 2.38. The molecule has 1 atom stereocenters. The van der Waals surface area contributed by atoms with Gasteiger partial charge in [-0.1, -0.05) is 6.92 Å². The lowest BCUT2D eigenvalue weighted by molar-refractivity contribution is 0.546. The van der Waals surface area contributed by atoms with Gasteiger partial charge in [-0.15, -0.1) is 11.3 Å². The van der Waals surface area contributed by atoms with Gasteiger partial charge in [0.1, 0.15) is 0 Å². The van der Waals surface area contributed by atoms with Crippen LogP contribution >= 0.6 is 11.3 Å². The first-order valence-corrected chi connectivity index (χ1v) is 7.95. The van der Waals surface area contributed by atoms with E-state index in [0.29, 0.717) is 18.7 Å². The van der Waals surface area contributed by atoms with E-state index in [-0.39, 0.29) is 11.2 Å². The molecule has 0 bridgehead atoms. The van der Waals surface area contributed by atoms with Gasteiger partial charge in [0, 0.05) is 22.9 Å². The maximum Gasteiger partial charge on any atom is 0.151 e.